The molecule has 1 aliphatic carbocycles. The van der Waals surface area contributed by atoms with Crippen LogP contribution in [0.15, 0.2) is 36.7 Å². The van der Waals surface area contributed by atoms with Crippen LogP contribution in [0, 0.1) is 18.9 Å². The minimum atomic E-state index is -0.575. The number of alkyl carbamates (subject to hydrolysis) is 1. The maximum Gasteiger partial charge on any atom is 0.407 e. The summed E-state index contributed by atoms with van der Waals surface area (Å²) in [4.78, 5) is 33.3. The van der Waals surface area contributed by atoms with Crippen molar-refractivity contribution in [2.24, 2.45) is 11.8 Å². The Morgan fingerprint density at radius 2 is 1.94 bits per heavy atom. The Kier molecular flexibility index (Phi) is 6.23. The van der Waals surface area contributed by atoms with E-state index >= 15 is 0 Å². The number of ether oxygens (including phenoxy) is 1. The number of imidazole rings is 1. The summed E-state index contributed by atoms with van der Waals surface area (Å²) in [6.07, 6.45) is 7.62. The fourth-order valence-corrected chi connectivity index (χ4v) is 6.10. The van der Waals surface area contributed by atoms with Gasteiger partial charge < -0.3 is 24.8 Å². The van der Waals surface area contributed by atoms with Crippen molar-refractivity contribution in [3.63, 3.8) is 0 Å². The van der Waals surface area contributed by atoms with Crippen molar-refractivity contribution in [1.82, 2.24) is 19.8 Å². The van der Waals surface area contributed by atoms with Crippen LogP contribution >= 0.6 is 0 Å². The predicted molar refractivity (Wildman–Crippen MR) is 133 cm³/mol. The molecule has 2 fully saturated rings. The van der Waals surface area contributed by atoms with Gasteiger partial charge in [-0.05, 0) is 51.7 Å². The van der Waals surface area contributed by atoms with Gasteiger partial charge in [0.05, 0.1) is 18.0 Å². The lowest BCUT2D eigenvalue weighted by atomic mass is 9.80. The summed E-state index contributed by atoms with van der Waals surface area (Å²) in [5.74, 6) is 0.959. The quantitative estimate of drug-likeness (QED) is 0.670. The fourth-order valence-electron chi connectivity index (χ4n) is 6.10. The number of rotatable bonds is 3. The minimum absolute atomic E-state index is 0.0257. The average molecular weight is 479 g/mol. The summed E-state index contributed by atoms with van der Waals surface area (Å²) in [7, 11) is 4.10. The number of carbonyl (C=O) groups is 2. The van der Waals surface area contributed by atoms with E-state index in [9.17, 15) is 9.59 Å². The summed E-state index contributed by atoms with van der Waals surface area (Å²) in [5.41, 5.74) is 1.61. The third kappa shape index (κ3) is 4.62. The molecule has 1 radical (unpaired) electrons. The monoisotopic (exact) mass is 478 g/mol. The first-order chi connectivity index (χ1) is 16.7. The van der Waals surface area contributed by atoms with Crippen molar-refractivity contribution in [2.75, 3.05) is 11.9 Å². The molecule has 3 unspecified atom stereocenters. The molecule has 8 heteroatoms. The number of benzene rings is 1. The van der Waals surface area contributed by atoms with Gasteiger partial charge in [-0.1, -0.05) is 31.0 Å². The van der Waals surface area contributed by atoms with Crippen LogP contribution in [0.5, 0.6) is 0 Å². The van der Waals surface area contributed by atoms with Gasteiger partial charge >= 0.3 is 6.09 Å². The lowest BCUT2D eigenvalue weighted by Gasteiger charge is -2.41. The molecule has 2 N–H and O–H groups in total. The van der Waals surface area contributed by atoms with Gasteiger partial charge in [0.1, 0.15) is 11.4 Å². The van der Waals surface area contributed by atoms with Gasteiger partial charge in [-0.25, -0.2) is 9.78 Å². The Bertz CT molecular complexity index is 1090. The van der Waals surface area contributed by atoms with E-state index in [1.54, 1.807) is 6.20 Å². The molecule has 1 aromatic heterocycles. The lowest BCUT2D eigenvalue weighted by Crippen LogP contribution is -2.51. The van der Waals surface area contributed by atoms with Crippen molar-refractivity contribution in [1.29, 1.82) is 0 Å². The van der Waals surface area contributed by atoms with E-state index in [0.717, 1.165) is 49.2 Å². The smallest absolute Gasteiger partial charge is 0.407 e. The van der Waals surface area contributed by atoms with E-state index in [1.807, 2.05) is 43.7 Å². The third-order valence-corrected chi connectivity index (χ3v) is 7.56. The van der Waals surface area contributed by atoms with Crippen molar-refractivity contribution < 1.29 is 14.3 Å². The van der Waals surface area contributed by atoms with Crippen LogP contribution in [0.25, 0.3) is 0 Å². The van der Waals surface area contributed by atoms with E-state index in [4.69, 9.17) is 4.74 Å². The molecule has 3 heterocycles. The van der Waals surface area contributed by atoms with E-state index < -0.39 is 11.7 Å². The Morgan fingerprint density at radius 1 is 1.17 bits per heavy atom. The summed E-state index contributed by atoms with van der Waals surface area (Å²) in [6, 6.07) is 7.97. The first-order valence-electron chi connectivity index (χ1n) is 12.7. The predicted octanol–water partition coefficient (Wildman–Crippen LogP) is 4.66. The zero-order valence-electron chi connectivity index (χ0n) is 20.9. The number of aromatic nitrogens is 2. The molecule has 3 aliphatic rings. The first kappa shape index (κ1) is 23.7. The van der Waals surface area contributed by atoms with E-state index in [-0.39, 0.29) is 35.9 Å². The Labute approximate surface area is 207 Å². The standard InChI is InChI=1S/C27H36N5O3/c1-27(2,3)35-26(34)30-21-12-8-6-10-18(21)25(33)32-15-13-19-22(24-28-14-16-31(24)4)29-20-11-7-5-9-17(20)23(19)32/h5,7,9,11,14,16,18-19,21-23,29H,4,6,8,10,12-13,15H2,1-3H3,(H,30,34)/t18-,19?,21+,22?,23?/m0/s1. The molecular weight excluding hydrogens is 442 g/mol. The Hall–Kier alpha value is -3.03. The molecule has 1 saturated carbocycles. The molecule has 2 amide bonds. The lowest BCUT2D eigenvalue weighted by molar-refractivity contribution is -0.139. The number of nitrogens with zero attached hydrogens (tertiary/aromatic N) is 3. The number of anilines is 1. The molecular formula is C27H36N5O3. The molecule has 8 nitrogen and oxygen atoms in total. The maximum absolute atomic E-state index is 14.1. The number of nitrogens with one attached hydrogen (secondary N) is 2. The van der Waals surface area contributed by atoms with Crippen molar-refractivity contribution in [2.45, 2.75) is 76.6 Å². The zero-order valence-corrected chi connectivity index (χ0v) is 20.9. The highest BCUT2D eigenvalue weighted by atomic mass is 16.6. The molecule has 35 heavy (non-hydrogen) atoms. The number of fused-ring (bicyclic) bond motifs is 3. The van der Waals surface area contributed by atoms with Gasteiger partial charge in [0, 0.05) is 43.6 Å². The summed E-state index contributed by atoms with van der Waals surface area (Å²) in [5, 5.41) is 6.69. The van der Waals surface area contributed by atoms with Gasteiger partial charge in [0.25, 0.3) is 0 Å². The molecule has 2 aromatic rings. The van der Waals surface area contributed by atoms with Crippen LogP contribution in [0.3, 0.4) is 0 Å². The zero-order chi connectivity index (χ0) is 24.7. The second-order valence-electron chi connectivity index (χ2n) is 11.0. The number of para-hydroxylation sites is 1. The number of amides is 2. The summed E-state index contributed by atoms with van der Waals surface area (Å²) in [6.45, 7) is 6.24. The topological polar surface area (TPSA) is 88.5 Å². The minimum Gasteiger partial charge on any atom is -0.444 e. The van der Waals surface area contributed by atoms with Crippen LogP contribution in [-0.4, -0.2) is 44.6 Å². The van der Waals surface area contributed by atoms with E-state index in [0.29, 0.717) is 6.54 Å². The van der Waals surface area contributed by atoms with Crippen LogP contribution in [0.2, 0.25) is 0 Å². The molecule has 0 spiro atoms. The number of hydrogen-bond donors (Lipinski definition) is 2. The number of likely N-dealkylation sites (tertiary alicyclic amines) is 1. The molecule has 0 bridgehead atoms. The molecule has 5 atom stereocenters. The number of hydrogen-bond acceptors (Lipinski definition) is 5. The van der Waals surface area contributed by atoms with E-state index in [1.165, 1.54) is 0 Å². The van der Waals surface area contributed by atoms with Gasteiger partial charge in [0.2, 0.25) is 5.91 Å². The third-order valence-electron chi connectivity index (χ3n) is 7.56. The van der Waals surface area contributed by atoms with Gasteiger partial charge in [0.15, 0.2) is 0 Å². The normalized spacial score (nSPS) is 28.0. The van der Waals surface area contributed by atoms with Gasteiger partial charge in [-0.3, -0.25) is 4.79 Å². The van der Waals surface area contributed by atoms with Gasteiger partial charge in [-0.2, -0.15) is 0 Å². The fraction of sp³-hybridized carbons (Fsp3) is 0.556. The Balaban J connectivity index is 1.41. The second-order valence-corrected chi connectivity index (χ2v) is 11.0. The second kappa shape index (κ2) is 9.21. The first-order valence-corrected chi connectivity index (χ1v) is 12.7. The highest BCUT2D eigenvalue weighted by Crippen LogP contribution is 2.51. The van der Waals surface area contributed by atoms with Crippen LogP contribution < -0.4 is 10.6 Å². The van der Waals surface area contributed by atoms with Crippen LogP contribution in [0.4, 0.5) is 10.5 Å². The maximum atomic E-state index is 14.1. The van der Waals surface area contributed by atoms with Crippen LogP contribution in [-0.2, 0) is 9.53 Å². The number of carbonyl (C=O) groups excluding carboxylic acids is 2. The molecule has 1 aromatic carbocycles. The van der Waals surface area contributed by atoms with Gasteiger partial charge in [-0.15, -0.1) is 0 Å². The molecule has 187 valence electrons. The largest absolute Gasteiger partial charge is 0.444 e. The summed E-state index contributed by atoms with van der Waals surface area (Å²) >= 11 is 0. The van der Waals surface area contributed by atoms with Crippen molar-refractivity contribution >= 4 is 17.7 Å². The van der Waals surface area contributed by atoms with Crippen LogP contribution in [0.1, 0.15) is 76.3 Å². The molecule has 5 rings (SSSR count). The molecule has 2 aliphatic heterocycles. The van der Waals surface area contributed by atoms with Crippen molar-refractivity contribution in [3.05, 3.63) is 55.1 Å². The SMILES string of the molecule is [CH2]n1ccnc1C1Nc2ccccc2C2C1CCN2C(=O)[C@H]1CCCC[C@H]1NC(=O)OC(C)(C)C. The molecule has 1 saturated heterocycles. The Morgan fingerprint density at radius 3 is 2.69 bits per heavy atom. The summed E-state index contributed by atoms with van der Waals surface area (Å²) < 4.78 is 7.31. The van der Waals surface area contributed by atoms with E-state index in [2.05, 4.69) is 39.7 Å². The highest BCUT2D eigenvalue weighted by molar-refractivity contribution is 5.82. The highest BCUT2D eigenvalue weighted by Gasteiger charge is 2.49. The van der Waals surface area contributed by atoms with Crippen molar-refractivity contribution in [3.8, 4) is 0 Å². The average Bonchev–Trinajstić information content (AvgIpc) is 3.44.